The molecule has 1 N–H and O–H groups in total. The number of nitrogens with one attached hydrogen (secondary N) is 1. The summed E-state index contributed by atoms with van der Waals surface area (Å²) in [4.78, 5) is 23.1. The van der Waals surface area contributed by atoms with Crippen LogP contribution in [-0.2, 0) is 27.6 Å². The first-order chi connectivity index (χ1) is 12.3. The number of aryl methyl sites for hydroxylation is 1. The lowest BCUT2D eigenvalue weighted by Crippen LogP contribution is -2.16. The van der Waals surface area contributed by atoms with Crippen molar-refractivity contribution >= 4 is 38.0 Å². The van der Waals surface area contributed by atoms with Crippen molar-refractivity contribution in [2.75, 3.05) is 11.8 Å². The maximum absolute atomic E-state index is 12.7. The van der Waals surface area contributed by atoms with Crippen LogP contribution in [-0.4, -0.2) is 26.4 Å². The van der Waals surface area contributed by atoms with Crippen LogP contribution in [0.1, 0.15) is 33.6 Å². The Balaban J connectivity index is 2.08. The van der Waals surface area contributed by atoms with Gasteiger partial charge in [-0.15, -0.1) is 11.3 Å². The molecule has 1 heterocycles. The van der Waals surface area contributed by atoms with E-state index in [-0.39, 0.29) is 10.6 Å². The Morgan fingerprint density at radius 2 is 1.96 bits per heavy atom. The van der Waals surface area contributed by atoms with Crippen molar-refractivity contribution in [2.24, 2.45) is 0 Å². The molecule has 10 heteroatoms. The molecule has 0 bridgehead atoms. The van der Waals surface area contributed by atoms with Crippen molar-refractivity contribution in [3.63, 3.8) is 0 Å². The van der Waals surface area contributed by atoms with Crippen molar-refractivity contribution < 1.29 is 22.9 Å². The van der Waals surface area contributed by atoms with Gasteiger partial charge in [0.25, 0.3) is 15.7 Å². The van der Waals surface area contributed by atoms with Crippen LogP contribution >= 0.6 is 11.3 Å². The van der Waals surface area contributed by atoms with Gasteiger partial charge in [0.05, 0.1) is 17.6 Å². The summed E-state index contributed by atoms with van der Waals surface area (Å²) in [6.07, 6.45) is 3.30. The zero-order valence-electron chi connectivity index (χ0n) is 13.9. The Morgan fingerprint density at radius 3 is 2.65 bits per heavy atom. The Labute approximate surface area is 154 Å². The molecule has 0 saturated carbocycles. The van der Waals surface area contributed by atoms with Gasteiger partial charge in [0, 0.05) is 10.9 Å². The van der Waals surface area contributed by atoms with E-state index in [0.29, 0.717) is 6.42 Å². The van der Waals surface area contributed by atoms with Gasteiger partial charge >= 0.3 is 5.97 Å². The summed E-state index contributed by atoms with van der Waals surface area (Å²) in [6.45, 7) is 0. The normalized spacial score (nSPS) is 13.7. The number of para-hydroxylation sites is 1. The minimum atomic E-state index is -4.24. The molecule has 0 unspecified atom stereocenters. The summed E-state index contributed by atoms with van der Waals surface area (Å²) in [6, 6.07) is 5.07. The minimum absolute atomic E-state index is 0.141. The van der Waals surface area contributed by atoms with Gasteiger partial charge in [-0.3, -0.25) is 14.8 Å². The van der Waals surface area contributed by atoms with Crippen LogP contribution in [0.25, 0.3) is 0 Å². The van der Waals surface area contributed by atoms with Crippen LogP contribution in [0.3, 0.4) is 0 Å². The second kappa shape index (κ2) is 7.04. The number of ether oxygens (including phenoxy) is 1. The molecule has 0 radical (unpaired) electrons. The number of nitro groups is 1. The van der Waals surface area contributed by atoms with E-state index in [4.69, 9.17) is 4.74 Å². The topological polar surface area (TPSA) is 116 Å². The summed E-state index contributed by atoms with van der Waals surface area (Å²) >= 11 is 1.18. The Kier molecular flexibility index (Phi) is 4.97. The number of benzene rings is 1. The molecule has 1 aromatic carbocycles. The predicted octanol–water partition coefficient (Wildman–Crippen LogP) is 3.12. The van der Waals surface area contributed by atoms with E-state index in [1.165, 1.54) is 30.6 Å². The fourth-order valence-electron chi connectivity index (χ4n) is 2.97. The first-order valence-corrected chi connectivity index (χ1v) is 10.1. The maximum atomic E-state index is 12.7. The Bertz CT molecular complexity index is 981. The molecule has 26 heavy (non-hydrogen) atoms. The summed E-state index contributed by atoms with van der Waals surface area (Å²) in [5.74, 6) is -0.621. The van der Waals surface area contributed by atoms with Crippen LogP contribution in [0, 0.1) is 10.1 Å². The fraction of sp³-hybridized carbons (Fsp3) is 0.312. The SMILES string of the molecule is COC(=O)c1c(NS(=O)(=O)c2ccccc2[N+](=O)[O-])sc2c1CCCC2. The quantitative estimate of drug-likeness (QED) is 0.472. The minimum Gasteiger partial charge on any atom is -0.465 e. The van der Waals surface area contributed by atoms with E-state index in [0.717, 1.165) is 41.8 Å². The second-order valence-corrected chi connectivity index (χ2v) is 8.49. The lowest BCUT2D eigenvalue weighted by molar-refractivity contribution is -0.387. The van der Waals surface area contributed by atoms with Crippen LogP contribution in [0.15, 0.2) is 29.2 Å². The average Bonchev–Trinajstić information content (AvgIpc) is 2.98. The van der Waals surface area contributed by atoms with Gasteiger partial charge in [0.15, 0.2) is 4.90 Å². The van der Waals surface area contributed by atoms with Crippen molar-refractivity contribution in [3.8, 4) is 0 Å². The standard InChI is InChI=1S/C16H16N2O6S2/c1-24-16(19)14-10-6-2-4-8-12(10)25-15(14)17-26(22,23)13-9-5-3-7-11(13)18(20)21/h3,5,7,9,17H,2,4,6,8H2,1H3. The third-order valence-electron chi connectivity index (χ3n) is 4.14. The zero-order valence-corrected chi connectivity index (χ0v) is 15.5. The zero-order chi connectivity index (χ0) is 18.9. The molecule has 1 aliphatic carbocycles. The number of esters is 1. The summed E-state index contributed by atoms with van der Waals surface area (Å²) in [5.41, 5.74) is 0.476. The third kappa shape index (κ3) is 3.29. The summed E-state index contributed by atoms with van der Waals surface area (Å²) < 4.78 is 32.6. The molecule has 0 spiro atoms. The van der Waals surface area contributed by atoms with Crippen molar-refractivity contribution in [2.45, 2.75) is 30.6 Å². The molecule has 2 aromatic rings. The van der Waals surface area contributed by atoms with Crippen molar-refractivity contribution in [3.05, 3.63) is 50.4 Å². The number of methoxy groups -OCH3 is 1. The predicted molar refractivity (Wildman–Crippen MR) is 96.2 cm³/mol. The number of anilines is 1. The number of hydrogen-bond acceptors (Lipinski definition) is 7. The highest BCUT2D eigenvalue weighted by atomic mass is 32.2. The van der Waals surface area contributed by atoms with Crippen molar-refractivity contribution in [1.82, 2.24) is 0 Å². The molecule has 0 amide bonds. The third-order valence-corrected chi connectivity index (χ3v) is 6.87. The fourth-order valence-corrected chi connectivity index (χ4v) is 5.72. The lowest BCUT2D eigenvalue weighted by Gasteiger charge is -2.12. The van der Waals surface area contributed by atoms with E-state index >= 15 is 0 Å². The first-order valence-electron chi connectivity index (χ1n) is 7.84. The van der Waals surface area contributed by atoms with Gasteiger partial charge in [-0.2, -0.15) is 0 Å². The number of thiophene rings is 1. The monoisotopic (exact) mass is 396 g/mol. The van der Waals surface area contributed by atoms with Crippen LogP contribution in [0.5, 0.6) is 0 Å². The van der Waals surface area contributed by atoms with Gasteiger partial charge in [0.2, 0.25) is 0 Å². The van der Waals surface area contributed by atoms with Gasteiger partial charge in [-0.25, -0.2) is 13.2 Å². The molecule has 0 aliphatic heterocycles. The first kappa shape index (κ1) is 18.3. The number of rotatable bonds is 5. The van der Waals surface area contributed by atoms with E-state index in [1.54, 1.807) is 0 Å². The molecule has 0 fully saturated rings. The number of hydrogen-bond donors (Lipinski definition) is 1. The molecule has 138 valence electrons. The second-order valence-electron chi connectivity index (χ2n) is 5.74. The van der Waals surface area contributed by atoms with Gasteiger partial charge in [-0.05, 0) is 37.3 Å². The molecule has 8 nitrogen and oxygen atoms in total. The lowest BCUT2D eigenvalue weighted by atomic mass is 9.95. The Hall–Kier alpha value is -2.46. The molecule has 3 rings (SSSR count). The van der Waals surface area contributed by atoms with Gasteiger partial charge in [0.1, 0.15) is 5.00 Å². The molecule has 1 aliphatic rings. The highest BCUT2D eigenvalue weighted by Crippen LogP contribution is 2.40. The number of carbonyl (C=O) groups is 1. The van der Waals surface area contributed by atoms with E-state index < -0.39 is 31.5 Å². The van der Waals surface area contributed by atoms with E-state index in [1.807, 2.05) is 0 Å². The summed E-state index contributed by atoms with van der Waals surface area (Å²) in [7, 11) is -3.01. The van der Waals surface area contributed by atoms with Gasteiger partial charge < -0.3 is 4.74 Å². The number of fused-ring (bicyclic) bond motifs is 1. The van der Waals surface area contributed by atoms with Gasteiger partial charge in [-0.1, -0.05) is 12.1 Å². The van der Waals surface area contributed by atoms with Crippen molar-refractivity contribution in [1.29, 1.82) is 0 Å². The van der Waals surface area contributed by atoms with Crippen LogP contribution in [0.2, 0.25) is 0 Å². The largest absolute Gasteiger partial charge is 0.465 e. The summed E-state index contributed by atoms with van der Waals surface area (Å²) in [5, 5.41) is 11.3. The van der Waals surface area contributed by atoms with Crippen LogP contribution in [0.4, 0.5) is 10.7 Å². The molecular weight excluding hydrogens is 380 g/mol. The maximum Gasteiger partial charge on any atom is 0.341 e. The number of nitrogens with zero attached hydrogens (tertiary/aromatic N) is 1. The Morgan fingerprint density at radius 1 is 1.27 bits per heavy atom. The molecule has 0 atom stereocenters. The number of carbonyl (C=O) groups excluding carboxylic acids is 1. The average molecular weight is 396 g/mol. The smallest absolute Gasteiger partial charge is 0.341 e. The van der Waals surface area contributed by atoms with Crippen LogP contribution < -0.4 is 4.72 Å². The number of nitro benzene ring substituents is 1. The molecule has 0 saturated heterocycles. The highest BCUT2D eigenvalue weighted by molar-refractivity contribution is 7.93. The highest BCUT2D eigenvalue weighted by Gasteiger charge is 2.31. The molecular formula is C16H16N2O6S2. The molecule has 1 aromatic heterocycles. The van der Waals surface area contributed by atoms with E-state index in [2.05, 4.69) is 4.72 Å². The number of sulfonamides is 1. The van der Waals surface area contributed by atoms with E-state index in [9.17, 15) is 23.3 Å².